The van der Waals surface area contributed by atoms with Crippen molar-refractivity contribution in [3.63, 3.8) is 0 Å². The van der Waals surface area contributed by atoms with E-state index in [1.807, 2.05) is 24.3 Å². The Hall–Kier alpha value is -2.47. The number of benzene rings is 1. The highest BCUT2D eigenvalue weighted by molar-refractivity contribution is 6.05. The number of amides is 1. The lowest BCUT2D eigenvalue weighted by atomic mass is 9.70. The number of aromatic nitrogens is 1. The first-order chi connectivity index (χ1) is 14.3. The van der Waals surface area contributed by atoms with E-state index in [9.17, 15) is 9.59 Å². The largest absolute Gasteiger partial charge is 0.452 e. The van der Waals surface area contributed by atoms with Crippen LogP contribution in [-0.2, 0) is 27.1 Å². The normalized spacial score (nSPS) is 19.4. The monoisotopic (exact) mass is 410 g/mol. The van der Waals surface area contributed by atoms with Crippen LogP contribution in [0.15, 0.2) is 24.3 Å². The number of esters is 1. The molecule has 160 valence electrons. The molecule has 1 fully saturated rings. The number of nitrogens with zero attached hydrogens (tertiary/aromatic N) is 2. The molecule has 30 heavy (non-hydrogen) atoms. The SMILES string of the molecule is CC(C)(C)C1CCc2nc3ccccc3c(C(=O)OCC(=O)N3CCOCC3)c2C1. The van der Waals surface area contributed by atoms with Crippen molar-refractivity contribution in [3.05, 3.63) is 41.1 Å². The predicted molar refractivity (Wildman–Crippen MR) is 114 cm³/mol. The van der Waals surface area contributed by atoms with Gasteiger partial charge in [-0.15, -0.1) is 0 Å². The first-order valence-corrected chi connectivity index (χ1v) is 10.8. The van der Waals surface area contributed by atoms with E-state index in [1.165, 1.54) is 0 Å². The number of carbonyl (C=O) groups excluding carboxylic acids is 2. The summed E-state index contributed by atoms with van der Waals surface area (Å²) in [5.74, 6) is -0.137. The van der Waals surface area contributed by atoms with E-state index in [4.69, 9.17) is 14.5 Å². The van der Waals surface area contributed by atoms with Gasteiger partial charge in [-0.3, -0.25) is 9.78 Å². The van der Waals surface area contributed by atoms with Crippen LogP contribution in [-0.4, -0.2) is 54.7 Å². The molecule has 0 spiro atoms. The quantitative estimate of drug-likeness (QED) is 0.726. The summed E-state index contributed by atoms with van der Waals surface area (Å²) in [6.07, 6.45) is 2.72. The van der Waals surface area contributed by atoms with Gasteiger partial charge in [-0.1, -0.05) is 39.0 Å². The molecule has 2 aromatic rings. The molecule has 1 amide bonds. The van der Waals surface area contributed by atoms with Crippen molar-refractivity contribution in [1.82, 2.24) is 9.88 Å². The van der Waals surface area contributed by atoms with Crippen molar-refractivity contribution in [3.8, 4) is 0 Å². The predicted octanol–water partition coefficient (Wildman–Crippen LogP) is 3.40. The van der Waals surface area contributed by atoms with Crippen molar-refractivity contribution in [1.29, 1.82) is 0 Å². The summed E-state index contributed by atoms with van der Waals surface area (Å²) in [6, 6.07) is 7.69. The summed E-state index contributed by atoms with van der Waals surface area (Å²) in [6.45, 7) is 8.62. The number of rotatable bonds is 3. The van der Waals surface area contributed by atoms with E-state index >= 15 is 0 Å². The third kappa shape index (κ3) is 4.19. The lowest BCUT2D eigenvalue weighted by Crippen LogP contribution is -2.42. The minimum absolute atomic E-state index is 0.150. The van der Waals surface area contributed by atoms with E-state index in [0.717, 1.165) is 41.4 Å². The van der Waals surface area contributed by atoms with E-state index in [0.29, 0.717) is 37.8 Å². The summed E-state index contributed by atoms with van der Waals surface area (Å²) < 4.78 is 10.8. The second-order valence-corrected chi connectivity index (χ2v) is 9.30. The standard InChI is InChI=1S/C24H30N2O4/c1-24(2,3)16-8-9-20-18(14-16)22(17-6-4-5-7-19(17)25-20)23(28)30-15-21(27)26-10-12-29-13-11-26/h4-7,16H,8-15H2,1-3H3. The van der Waals surface area contributed by atoms with Gasteiger partial charge < -0.3 is 14.4 Å². The Morgan fingerprint density at radius 2 is 1.93 bits per heavy atom. The highest BCUT2D eigenvalue weighted by Crippen LogP contribution is 2.39. The molecule has 2 heterocycles. The van der Waals surface area contributed by atoms with Gasteiger partial charge in [0.15, 0.2) is 6.61 Å². The van der Waals surface area contributed by atoms with Crippen molar-refractivity contribution in [2.45, 2.75) is 40.0 Å². The van der Waals surface area contributed by atoms with E-state index in [1.54, 1.807) is 4.90 Å². The summed E-state index contributed by atoms with van der Waals surface area (Å²) in [5.41, 5.74) is 3.51. The third-order valence-corrected chi connectivity index (χ3v) is 6.38. The molecule has 1 atom stereocenters. The molecule has 4 rings (SSSR count). The molecule has 0 radical (unpaired) electrons. The Morgan fingerprint density at radius 3 is 2.67 bits per heavy atom. The van der Waals surface area contributed by atoms with Gasteiger partial charge in [0.2, 0.25) is 0 Å². The van der Waals surface area contributed by atoms with Crippen LogP contribution in [0.5, 0.6) is 0 Å². The summed E-state index contributed by atoms with van der Waals surface area (Å²) in [7, 11) is 0. The van der Waals surface area contributed by atoms with Gasteiger partial charge in [0, 0.05) is 24.2 Å². The van der Waals surface area contributed by atoms with Crippen molar-refractivity contribution >= 4 is 22.8 Å². The molecule has 1 aromatic heterocycles. The Morgan fingerprint density at radius 1 is 1.20 bits per heavy atom. The number of ether oxygens (including phenoxy) is 2. The Labute approximate surface area is 177 Å². The van der Waals surface area contributed by atoms with Gasteiger partial charge in [-0.05, 0) is 42.2 Å². The maximum absolute atomic E-state index is 13.2. The Bertz CT molecular complexity index is 958. The first-order valence-electron chi connectivity index (χ1n) is 10.8. The zero-order valence-corrected chi connectivity index (χ0v) is 18.1. The van der Waals surface area contributed by atoms with Gasteiger partial charge >= 0.3 is 5.97 Å². The maximum Gasteiger partial charge on any atom is 0.339 e. The molecular formula is C24H30N2O4. The molecule has 6 heteroatoms. The van der Waals surface area contributed by atoms with Gasteiger partial charge in [0.05, 0.1) is 24.3 Å². The van der Waals surface area contributed by atoms with Crippen LogP contribution in [0, 0.1) is 11.3 Å². The van der Waals surface area contributed by atoms with Gasteiger partial charge in [0.25, 0.3) is 5.91 Å². The lowest BCUT2D eigenvalue weighted by molar-refractivity contribution is -0.138. The van der Waals surface area contributed by atoms with E-state index in [-0.39, 0.29) is 17.9 Å². The summed E-state index contributed by atoms with van der Waals surface area (Å²) in [5, 5.41) is 0.801. The van der Waals surface area contributed by atoms with Crippen LogP contribution in [0.3, 0.4) is 0 Å². The minimum atomic E-state index is -0.430. The number of para-hydroxylation sites is 1. The third-order valence-electron chi connectivity index (χ3n) is 6.38. The van der Waals surface area contributed by atoms with Crippen LogP contribution in [0.2, 0.25) is 0 Å². The smallest absolute Gasteiger partial charge is 0.339 e. The fourth-order valence-electron chi connectivity index (χ4n) is 4.46. The first kappa shape index (κ1) is 20.8. The number of fused-ring (bicyclic) bond motifs is 2. The molecule has 1 aromatic carbocycles. The summed E-state index contributed by atoms with van der Waals surface area (Å²) in [4.78, 5) is 32.2. The molecule has 1 saturated heterocycles. The van der Waals surface area contributed by atoms with Gasteiger partial charge in [-0.2, -0.15) is 0 Å². The lowest BCUT2D eigenvalue weighted by Gasteiger charge is -2.35. The van der Waals surface area contributed by atoms with Crippen molar-refractivity contribution < 1.29 is 19.1 Å². The maximum atomic E-state index is 13.2. The number of carbonyl (C=O) groups is 2. The number of morpholine rings is 1. The van der Waals surface area contributed by atoms with Crippen LogP contribution in [0.1, 0.15) is 48.8 Å². The number of hydrogen-bond donors (Lipinski definition) is 0. The Balaban J connectivity index is 1.63. The highest BCUT2D eigenvalue weighted by atomic mass is 16.5. The van der Waals surface area contributed by atoms with Crippen LogP contribution in [0.4, 0.5) is 0 Å². The van der Waals surface area contributed by atoms with Gasteiger partial charge in [-0.25, -0.2) is 4.79 Å². The fourth-order valence-corrected chi connectivity index (χ4v) is 4.46. The van der Waals surface area contributed by atoms with Crippen LogP contribution >= 0.6 is 0 Å². The highest BCUT2D eigenvalue weighted by Gasteiger charge is 2.33. The minimum Gasteiger partial charge on any atom is -0.452 e. The molecule has 1 aliphatic heterocycles. The van der Waals surface area contributed by atoms with E-state index in [2.05, 4.69) is 20.8 Å². The molecule has 1 unspecified atom stereocenters. The number of pyridine rings is 1. The molecule has 6 nitrogen and oxygen atoms in total. The average Bonchev–Trinajstić information content (AvgIpc) is 2.75. The molecular weight excluding hydrogens is 380 g/mol. The molecule has 2 aliphatic rings. The molecule has 0 bridgehead atoms. The van der Waals surface area contributed by atoms with Crippen molar-refractivity contribution in [2.24, 2.45) is 11.3 Å². The average molecular weight is 411 g/mol. The second kappa shape index (κ2) is 8.34. The molecule has 1 aliphatic carbocycles. The number of aryl methyl sites for hydroxylation is 1. The zero-order valence-electron chi connectivity index (χ0n) is 18.1. The van der Waals surface area contributed by atoms with Gasteiger partial charge in [0.1, 0.15) is 0 Å². The zero-order chi connectivity index (χ0) is 21.3. The van der Waals surface area contributed by atoms with E-state index < -0.39 is 5.97 Å². The van der Waals surface area contributed by atoms with Crippen LogP contribution < -0.4 is 0 Å². The topological polar surface area (TPSA) is 68.7 Å². The fraction of sp³-hybridized carbons (Fsp3) is 0.542. The molecule has 0 N–H and O–H groups in total. The van der Waals surface area contributed by atoms with Crippen molar-refractivity contribution in [2.75, 3.05) is 32.9 Å². The second-order valence-electron chi connectivity index (χ2n) is 9.30. The van der Waals surface area contributed by atoms with Crippen LogP contribution in [0.25, 0.3) is 10.9 Å². The summed E-state index contributed by atoms with van der Waals surface area (Å²) >= 11 is 0. The Kier molecular flexibility index (Phi) is 5.78. The number of hydrogen-bond acceptors (Lipinski definition) is 5. The molecule has 0 saturated carbocycles.